The fourth-order valence-corrected chi connectivity index (χ4v) is 2.62. The number of nitrogens with one attached hydrogen (secondary N) is 1. The van der Waals surface area contributed by atoms with E-state index < -0.39 is 0 Å². The Labute approximate surface area is 125 Å². The molecule has 0 heterocycles. The first-order valence-corrected chi connectivity index (χ1v) is 7.21. The van der Waals surface area contributed by atoms with Crippen molar-refractivity contribution in [2.45, 2.75) is 18.8 Å². The summed E-state index contributed by atoms with van der Waals surface area (Å²) in [7, 11) is 0. The highest BCUT2D eigenvalue weighted by Crippen LogP contribution is 2.27. The highest BCUT2D eigenvalue weighted by Gasteiger charge is 2.07. The van der Waals surface area contributed by atoms with Gasteiger partial charge in [-0.25, -0.2) is 4.39 Å². The molecule has 2 aromatic rings. The molecule has 19 heavy (non-hydrogen) atoms. The van der Waals surface area contributed by atoms with Crippen LogP contribution in [0.5, 0.6) is 0 Å². The maximum atomic E-state index is 13.3. The van der Waals surface area contributed by atoms with Crippen molar-refractivity contribution in [3.8, 4) is 0 Å². The Balaban J connectivity index is 2.14. The predicted molar refractivity (Wildman–Crippen MR) is 82.1 cm³/mol. The average Bonchev–Trinajstić information content (AvgIpc) is 2.35. The number of halogens is 3. The smallest absolute Gasteiger partial charge is 0.124 e. The Morgan fingerprint density at radius 1 is 1.26 bits per heavy atom. The summed E-state index contributed by atoms with van der Waals surface area (Å²) in [6.07, 6.45) is 0. The molecule has 0 fully saturated rings. The Morgan fingerprint density at radius 2 is 2.00 bits per heavy atom. The van der Waals surface area contributed by atoms with Gasteiger partial charge < -0.3 is 5.32 Å². The number of anilines is 1. The number of hydrogen-bond donors (Lipinski definition) is 1. The molecule has 0 spiro atoms. The maximum Gasteiger partial charge on any atom is 0.124 e. The fourth-order valence-electron chi connectivity index (χ4n) is 1.92. The van der Waals surface area contributed by atoms with Crippen LogP contribution < -0.4 is 5.32 Å². The van der Waals surface area contributed by atoms with Crippen molar-refractivity contribution >= 4 is 33.2 Å². The molecule has 0 amide bonds. The van der Waals surface area contributed by atoms with Gasteiger partial charge in [0.1, 0.15) is 5.82 Å². The van der Waals surface area contributed by atoms with Crippen molar-refractivity contribution in [3.63, 3.8) is 0 Å². The van der Waals surface area contributed by atoms with Crippen LogP contribution in [0.2, 0.25) is 0 Å². The molecule has 1 atom stereocenters. The topological polar surface area (TPSA) is 12.0 Å². The first-order chi connectivity index (χ1) is 9.06. The second kappa shape index (κ2) is 6.40. The van der Waals surface area contributed by atoms with Gasteiger partial charge in [0.25, 0.3) is 0 Å². The zero-order valence-electron chi connectivity index (χ0n) is 10.5. The third-order valence-electron chi connectivity index (χ3n) is 2.79. The predicted octanol–water partition coefficient (Wildman–Crippen LogP) is 5.50. The van der Waals surface area contributed by atoms with Gasteiger partial charge in [-0.1, -0.05) is 34.1 Å². The summed E-state index contributed by atoms with van der Waals surface area (Å²) in [5.74, 6) is -0.245. The summed E-state index contributed by atoms with van der Waals surface area (Å²) in [4.78, 5) is 0. The van der Waals surface area contributed by atoms with Crippen molar-refractivity contribution in [1.82, 2.24) is 0 Å². The molecule has 0 radical (unpaired) electrons. The second-order valence-electron chi connectivity index (χ2n) is 4.33. The SMILES string of the molecule is CC(Cl)c1ccccc1NCc1cc(F)cc(Br)c1. The van der Waals surface area contributed by atoms with E-state index in [-0.39, 0.29) is 11.2 Å². The summed E-state index contributed by atoms with van der Waals surface area (Å²) in [5.41, 5.74) is 2.90. The number of para-hydroxylation sites is 1. The van der Waals surface area contributed by atoms with E-state index in [1.807, 2.05) is 37.3 Å². The highest BCUT2D eigenvalue weighted by molar-refractivity contribution is 9.10. The zero-order valence-corrected chi connectivity index (χ0v) is 12.8. The molecule has 0 saturated carbocycles. The minimum Gasteiger partial charge on any atom is -0.381 e. The molecule has 4 heteroatoms. The Kier molecular flexibility index (Phi) is 4.83. The Morgan fingerprint density at radius 3 is 2.68 bits per heavy atom. The van der Waals surface area contributed by atoms with E-state index in [0.717, 1.165) is 21.3 Å². The third kappa shape index (κ3) is 3.95. The van der Waals surface area contributed by atoms with Gasteiger partial charge in [-0.3, -0.25) is 0 Å². The Hall–Kier alpha value is -1.06. The lowest BCUT2D eigenvalue weighted by molar-refractivity contribution is 0.625. The number of benzene rings is 2. The maximum absolute atomic E-state index is 13.3. The lowest BCUT2D eigenvalue weighted by Crippen LogP contribution is -2.03. The summed E-state index contributed by atoms with van der Waals surface area (Å²) in [6.45, 7) is 2.48. The summed E-state index contributed by atoms with van der Waals surface area (Å²) < 4.78 is 14.0. The third-order valence-corrected chi connectivity index (χ3v) is 3.49. The lowest BCUT2D eigenvalue weighted by atomic mass is 10.1. The van der Waals surface area contributed by atoms with E-state index in [1.54, 1.807) is 0 Å². The molecular formula is C15H14BrClFN. The summed E-state index contributed by atoms with van der Waals surface area (Å²) in [5, 5.41) is 3.23. The van der Waals surface area contributed by atoms with Crippen LogP contribution in [0.25, 0.3) is 0 Å². The minimum absolute atomic E-state index is 0.0667. The van der Waals surface area contributed by atoms with Crippen LogP contribution in [-0.4, -0.2) is 0 Å². The normalized spacial score (nSPS) is 12.2. The fraction of sp³-hybridized carbons (Fsp3) is 0.200. The standard InChI is InChI=1S/C15H14BrClFN/c1-10(17)14-4-2-3-5-15(14)19-9-11-6-12(16)8-13(18)7-11/h2-8,10,19H,9H2,1H3. The number of hydrogen-bond acceptors (Lipinski definition) is 1. The molecule has 0 saturated heterocycles. The first kappa shape index (κ1) is 14.4. The number of alkyl halides is 1. The number of rotatable bonds is 4. The van der Waals surface area contributed by atoms with E-state index in [4.69, 9.17) is 11.6 Å². The van der Waals surface area contributed by atoms with Crippen LogP contribution in [-0.2, 0) is 6.54 Å². The van der Waals surface area contributed by atoms with E-state index in [0.29, 0.717) is 6.54 Å². The van der Waals surface area contributed by atoms with E-state index in [2.05, 4.69) is 21.2 Å². The van der Waals surface area contributed by atoms with Gasteiger partial charge in [0, 0.05) is 16.7 Å². The van der Waals surface area contributed by atoms with Crippen molar-refractivity contribution < 1.29 is 4.39 Å². The molecular weight excluding hydrogens is 329 g/mol. The molecule has 0 aliphatic heterocycles. The van der Waals surface area contributed by atoms with E-state index in [9.17, 15) is 4.39 Å². The quantitative estimate of drug-likeness (QED) is 0.723. The van der Waals surface area contributed by atoms with Gasteiger partial charge in [-0.05, 0) is 42.3 Å². The summed E-state index contributed by atoms with van der Waals surface area (Å²) >= 11 is 9.42. The van der Waals surface area contributed by atoms with Crippen LogP contribution in [0.4, 0.5) is 10.1 Å². The van der Waals surface area contributed by atoms with Crippen LogP contribution in [0.1, 0.15) is 23.4 Å². The molecule has 0 bridgehead atoms. The van der Waals surface area contributed by atoms with E-state index in [1.165, 1.54) is 12.1 Å². The van der Waals surface area contributed by atoms with Crippen molar-refractivity contribution in [3.05, 3.63) is 63.9 Å². The molecule has 2 aromatic carbocycles. The monoisotopic (exact) mass is 341 g/mol. The molecule has 2 rings (SSSR count). The molecule has 1 N–H and O–H groups in total. The molecule has 1 unspecified atom stereocenters. The van der Waals surface area contributed by atoms with Crippen LogP contribution in [0.3, 0.4) is 0 Å². The largest absolute Gasteiger partial charge is 0.381 e. The molecule has 1 nitrogen and oxygen atoms in total. The van der Waals surface area contributed by atoms with Gasteiger partial charge in [0.15, 0.2) is 0 Å². The first-order valence-electron chi connectivity index (χ1n) is 5.98. The minimum atomic E-state index is -0.245. The average molecular weight is 343 g/mol. The second-order valence-corrected chi connectivity index (χ2v) is 5.90. The van der Waals surface area contributed by atoms with Gasteiger partial charge in [0.05, 0.1) is 5.38 Å². The van der Waals surface area contributed by atoms with Gasteiger partial charge in [0.2, 0.25) is 0 Å². The lowest BCUT2D eigenvalue weighted by Gasteiger charge is -2.13. The van der Waals surface area contributed by atoms with Gasteiger partial charge in [-0.2, -0.15) is 0 Å². The molecule has 100 valence electrons. The van der Waals surface area contributed by atoms with Crippen LogP contribution in [0.15, 0.2) is 46.9 Å². The van der Waals surface area contributed by atoms with Crippen LogP contribution in [0, 0.1) is 5.82 Å². The molecule has 0 aromatic heterocycles. The molecule has 0 aliphatic rings. The van der Waals surface area contributed by atoms with Crippen molar-refractivity contribution in [1.29, 1.82) is 0 Å². The summed E-state index contributed by atoms with van der Waals surface area (Å²) in [6, 6.07) is 12.7. The zero-order chi connectivity index (χ0) is 13.8. The Bertz CT molecular complexity index is 552. The molecule has 0 aliphatic carbocycles. The van der Waals surface area contributed by atoms with Gasteiger partial charge >= 0.3 is 0 Å². The highest BCUT2D eigenvalue weighted by atomic mass is 79.9. The van der Waals surface area contributed by atoms with E-state index >= 15 is 0 Å². The van der Waals surface area contributed by atoms with Crippen LogP contribution >= 0.6 is 27.5 Å². The van der Waals surface area contributed by atoms with Crippen molar-refractivity contribution in [2.24, 2.45) is 0 Å². The van der Waals surface area contributed by atoms with Gasteiger partial charge in [-0.15, -0.1) is 11.6 Å². The van der Waals surface area contributed by atoms with Crippen molar-refractivity contribution in [2.75, 3.05) is 5.32 Å².